The summed E-state index contributed by atoms with van der Waals surface area (Å²) in [5.74, 6) is 0. The van der Waals surface area contributed by atoms with Gasteiger partial charge in [0.25, 0.3) is 0 Å². The number of carbonyl (C=O) groups is 1. The van der Waals surface area contributed by atoms with Crippen LogP contribution in [0.4, 0.5) is 4.79 Å². The second-order valence-corrected chi connectivity index (χ2v) is 5.89. The topological polar surface area (TPSA) is 59.6 Å². The third kappa shape index (κ3) is 10.8. The van der Waals surface area contributed by atoms with Gasteiger partial charge in [0.2, 0.25) is 0 Å². The van der Waals surface area contributed by atoms with E-state index in [1.54, 1.807) is 7.11 Å². The molecule has 19 heavy (non-hydrogen) atoms. The van der Waals surface area contributed by atoms with Crippen LogP contribution < -0.4 is 10.6 Å². The molecule has 114 valence electrons. The van der Waals surface area contributed by atoms with Gasteiger partial charge < -0.3 is 20.1 Å². The van der Waals surface area contributed by atoms with Gasteiger partial charge >= 0.3 is 6.09 Å². The maximum atomic E-state index is 11.6. The summed E-state index contributed by atoms with van der Waals surface area (Å²) in [7, 11) is 1.69. The van der Waals surface area contributed by atoms with Crippen molar-refractivity contribution in [3.8, 4) is 0 Å². The normalized spacial score (nSPS) is 14.8. The first-order chi connectivity index (χ1) is 8.78. The average Bonchev–Trinajstić information content (AvgIpc) is 2.24. The zero-order chi connectivity index (χ0) is 14.9. The molecular weight excluding hydrogens is 244 g/mol. The number of ether oxygens (including phenoxy) is 2. The SMILES string of the molecule is CCCC(CNC(=O)OC(C)(C)C)NC(C)COC. The van der Waals surface area contributed by atoms with Crippen LogP contribution in [0.3, 0.4) is 0 Å². The number of rotatable bonds is 8. The number of nitrogens with one attached hydrogen (secondary N) is 2. The highest BCUT2D eigenvalue weighted by Crippen LogP contribution is 2.06. The van der Waals surface area contributed by atoms with Crippen molar-refractivity contribution in [2.24, 2.45) is 0 Å². The molecule has 5 heteroatoms. The highest BCUT2D eigenvalue weighted by Gasteiger charge is 2.17. The number of methoxy groups -OCH3 is 1. The van der Waals surface area contributed by atoms with Gasteiger partial charge in [0, 0.05) is 25.7 Å². The Hall–Kier alpha value is -0.810. The van der Waals surface area contributed by atoms with Crippen molar-refractivity contribution in [2.75, 3.05) is 20.3 Å². The minimum absolute atomic E-state index is 0.239. The lowest BCUT2D eigenvalue weighted by Crippen LogP contribution is -2.46. The molecule has 1 amide bonds. The van der Waals surface area contributed by atoms with Gasteiger partial charge in [0.15, 0.2) is 0 Å². The van der Waals surface area contributed by atoms with Gasteiger partial charge in [-0.25, -0.2) is 4.79 Å². The maximum Gasteiger partial charge on any atom is 0.407 e. The molecule has 2 unspecified atom stereocenters. The summed E-state index contributed by atoms with van der Waals surface area (Å²) in [6.45, 7) is 11.0. The number of amides is 1. The van der Waals surface area contributed by atoms with Crippen LogP contribution in [0.2, 0.25) is 0 Å². The first-order valence-corrected chi connectivity index (χ1v) is 7.00. The Morgan fingerprint density at radius 3 is 2.42 bits per heavy atom. The highest BCUT2D eigenvalue weighted by atomic mass is 16.6. The Labute approximate surface area is 117 Å². The van der Waals surface area contributed by atoms with Gasteiger partial charge in [0.1, 0.15) is 5.60 Å². The summed E-state index contributed by atoms with van der Waals surface area (Å²) in [6.07, 6.45) is 1.70. The monoisotopic (exact) mass is 274 g/mol. The first kappa shape index (κ1) is 18.2. The largest absolute Gasteiger partial charge is 0.444 e. The minimum Gasteiger partial charge on any atom is -0.444 e. The van der Waals surface area contributed by atoms with Crippen molar-refractivity contribution < 1.29 is 14.3 Å². The van der Waals surface area contributed by atoms with Gasteiger partial charge in [-0.1, -0.05) is 13.3 Å². The van der Waals surface area contributed by atoms with E-state index in [1.807, 2.05) is 20.8 Å². The molecule has 0 aliphatic carbocycles. The molecule has 0 aliphatic rings. The molecule has 0 heterocycles. The summed E-state index contributed by atoms with van der Waals surface area (Å²) >= 11 is 0. The number of hydrogen-bond acceptors (Lipinski definition) is 4. The number of alkyl carbamates (subject to hydrolysis) is 1. The van der Waals surface area contributed by atoms with Crippen molar-refractivity contribution in [1.82, 2.24) is 10.6 Å². The lowest BCUT2D eigenvalue weighted by molar-refractivity contribution is 0.0520. The van der Waals surface area contributed by atoms with Crippen LogP contribution in [-0.2, 0) is 9.47 Å². The van der Waals surface area contributed by atoms with Crippen LogP contribution in [0, 0.1) is 0 Å². The van der Waals surface area contributed by atoms with Crippen molar-refractivity contribution >= 4 is 6.09 Å². The summed E-state index contributed by atoms with van der Waals surface area (Å²) in [5.41, 5.74) is -0.457. The summed E-state index contributed by atoms with van der Waals surface area (Å²) in [6, 6.07) is 0.504. The fraction of sp³-hybridized carbons (Fsp3) is 0.929. The quantitative estimate of drug-likeness (QED) is 0.713. The highest BCUT2D eigenvalue weighted by molar-refractivity contribution is 5.67. The predicted molar refractivity (Wildman–Crippen MR) is 77.4 cm³/mol. The zero-order valence-corrected chi connectivity index (χ0v) is 13.2. The van der Waals surface area contributed by atoms with Gasteiger partial charge in [-0.3, -0.25) is 0 Å². The molecule has 5 nitrogen and oxygen atoms in total. The van der Waals surface area contributed by atoms with E-state index in [0.29, 0.717) is 13.2 Å². The number of hydrogen-bond donors (Lipinski definition) is 2. The van der Waals surface area contributed by atoms with Gasteiger partial charge in [-0.2, -0.15) is 0 Å². The zero-order valence-electron chi connectivity index (χ0n) is 13.2. The Morgan fingerprint density at radius 1 is 1.32 bits per heavy atom. The third-order valence-corrected chi connectivity index (χ3v) is 2.47. The molecule has 0 aliphatic heterocycles. The fourth-order valence-electron chi connectivity index (χ4n) is 1.81. The molecular formula is C14H30N2O3. The van der Waals surface area contributed by atoms with E-state index in [1.165, 1.54) is 0 Å². The smallest absolute Gasteiger partial charge is 0.407 e. The predicted octanol–water partition coefficient (Wildman–Crippen LogP) is 2.30. The van der Waals surface area contributed by atoms with Crippen molar-refractivity contribution in [2.45, 2.75) is 65.1 Å². The Kier molecular flexibility index (Phi) is 8.76. The van der Waals surface area contributed by atoms with E-state index in [9.17, 15) is 4.79 Å². The third-order valence-electron chi connectivity index (χ3n) is 2.47. The molecule has 0 aromatic carbocycles. The Morgan fingerprint density at radius 2 is 1.95 bits per heavy atom. The molecule has 0 radical (unpaired) electrons. The fourth-order valence-corrected chi connectivity index (χ4v) is 1.81. The van der Waals surface area contributed by atoms with Gasteiger partial charge in [-0.15, -0.1) is 0 Å². The summed E-state index contributed by atoms with van der Waals surface area (Å²) < 4.78 is 10.3. The van der Waals surface area contributed by atoms with E-state index >= 15 is 0 Å². The lowest BCUT2D eigenvalue weighted by Gasteiger charge is -2.24. The second-order valence-electron chi connectivity index (χ2n) is 5.89. The molecule has 0 fully saturated rings. The van der Waals surface area contributed by atoms with Crippen LogP contribution in [0.15, 0.2) is 0 Å². The second kappa shape index (κ2) is 9.15. The summed E-state index contributed by atoms with van der Waals surface area (Å²) in [4.78, 5) is 11.6. The lowest BCUT2D eigenvalue weighted by atomic mass is 10.1. The van der Waals surface area contributed by atoms with Crippen molar-refractivity contribution in [1.29, 1.82) is 0 Å². The summed E-state index contributed by atoms with van der Waals surface area (Å²) in [5, 5.41) is 6.25. The van der Waals surface area contributed by atoms with Crippen LogP contribution >= 0.6 is 0 Å². The molecule has 0 saturated heterocycles. The molecule has 0 spiro atoms. The first-order valence-electron chi connectivity index (χ1n) is 7.00. The average molecular weight is 274 g/mol. The van der Waals surface area contributed by atoms with Crippen LogP contribution in [0.25, 0.3) is 0 Å². The Bertz CT molecular complexity index is 252. The molecule has 0 rings (SSSR count). The van der Waals surface area contributed by atoms with E-state index in [-0.39, 0.29) is 18.2 Å². The molecule has 0 bridgehead atoms. The minimum atomic E-state index is -0.457. The van der Waals surface area contributed by atoms with Crippen LogP contribution in [-0.4, -0.2) is 44.0 Å². The van der Waals surface area contributed by atoms with E-state index in [0.717, 1.165) is 12.8 Å². The Balaban J connectivity index is 4.09. The van der Waals surface area contributed by atoms with Crippen LogP contribution in [0.5, 0.6) is 0 Å². The van der Waals surface area contributed by atoms with E-state index in [4.69, 9.17) is 9.47 Å². The molecule has 0 aromatic rings. The maximum absolute atomic E-state index is 11.6. The van der Waals surface area contributed by atoms with E-state index < -0.39 is 5.60 Å². The van der Waals surface area contributed by atoms with Crippen molar-refractivity contribution in [3.05, 3.63) is 0 Å². The molecule has 0 saturated carbocycles. The van der Waals surface area contributed by atoms with Crippen LogP contribution in [0.1, 0.15) is 47.5 Å². The number of carbonyl (C=O) groups excluding carboxylic acids is 1. The van der Waals surface area contributed by atoms with E-state index in [2.05, 4.69) is 24.5 Å². The molecule has 0 aromatic heterocycles. The molecule has 2 atom stereocenters. The molecule has 2 N–H and O–H groups in total. The van der Waals surface area contributed by atoms with Gasteiger partial charge in [-0.05, 0) is 34.1 Å². The standard InChI is InChI=1S/C14H30N2O3/c1-7-8-12(16-11(2)10-18-6)9-15-13(17)19-14(3,4)5/h11-12,16H,7-10H2,1-6H3,(H,15,17). The van der Waals surface area contributed by atoms with Crippen molar-refractivity contribution in [3.63, 3.8) is 0 Å². The van der Waals surface area contributed by atoms with Gasteiger partial charge in [0.05, 0.1) is 6.61 Å².